The standard InChI is InChI=1S/C13H8Cl2F2/c14-7-8-4-5-9(11(15)6-8)10-2-1-3-12(16)13(10)17/h1-6H,7H2. The molecule has 0 N–H and O–H groups in total. The highest BCUT2D eigenvalue weighted by atomic mass is 35.5. The summed E-state index contributed by atoms with van der Waals surface area (Å²) in [5.74, 6) is -1.46. The van der Waals surface area contributed by atoms with E-state index in [9.17, 15) is 8.78 Å². The lowest BCUT2D eigenvalue weighted by Gasteiger charge is -2.07. The van der Waals surface area contributed by atoms with Gasteiger partial charge in [0.25, 0.3) is 0 Å². The Labute approximate surface area is 108 Å². The SMILES string of the molecule is Fc1cccc(-c2ccc(CCl)cc2Cl)c1F. The van der Waals surface area contributed by atoms with Crippen LogP contribution in [-0.4, -0.2) is 0 Å². The normalized spacial score (nSPS) is 10.6. The van der Waals surface area contributed by atoms with E-state index >= 15 is 0 Å². The predicted molar refractivity (Wildman–Crippen MR) is 66.4 cm³/mol. The lowest BCUT2D eigenvalue weighted by Crippen LogP contribution is -1.90. The Hall–Kier alpha value is -1.12. The molecule has 0 atom stereocenters. The Balaban J connectivity index is 2.57. The average Bonchev–Trinajstić information content (AvgIpc) is 2.33. The van der Waals surface area contributed by atoms with Crippen molar-refractivity contribution in [2.75, 3.05) is 0 Å². The highest BCUT2D eigenvalue weighted by Gasteiger charge is 2.12. The van der Waals surface area contributed by atoms with Gasteiger partial charge in [0.05, 0.1) is 0 Å². The zero-order chi connectivity index (χ0) is 12.4. The third-order valence-corrected chi connectivity index (χ3v) is 3.05. The van der Waals surface area contributed by atoms with Gasteiger partial charge in [-0.3, -0.25) is 0 Å². The second-order valence-corrected chi connectivity index (χ2v) is 4.22. The van der Waals surface area contributed by atoms with Crippen LogP contribution in [0.2, 0.25) is 5.02 Å². The van der Waals surface area contributed by atoms with Gasteiger partial charge in [-0.05, 0) is 17.7 Å². The zero-order valence-electron chi connectivity index (χ0n) is 8.68. The average molecular weight is 273 g/mol. The van der Waals surface area contributed by atoms with Crippen molar-refractivity contribution in [2.45, 2.75) is 5.88 Å². The summed E-state index contributed by atoms with van der Waals surface area (Å²) < 4.78 is 26.7. The fraction of sp³-hybridized carbons (Fsp3) is 0.0769. The number of hydrogen-bond donors (Lipinski definition) is 0. The summed E-state index contributed by atoms with van der Waals surface area (Å²) in [4.78, 5) is 0. The molecule has 4 heteroatoms. The van der Waals surface area contributed by atoms with Gasteiger partial charge in [-0.15, -0.1) is 11.6 Å². The van der Waals surface area contributed by atoms with Crippen LogP contribution in [0.25, 0.3) is 11.1 Å². The molecular weight excluding hydrogens is 265 g/mol. The van der Waals surface area contributed by atoms with Gasteiger partial charge >= 0.3 is 0 Å². The Kier molecular flexibility index (Phi) is 3.65. The number of alkyl halides is 1. The molecule has 0 heterocycles. The number of halogens is 4. The topological polar surface area (TPSA) is 0 Å². The monoisotopic (exact) mass is 272 g/mol. The molecule has 17 heavy (non-hydrogen) atoms. The van der Waals surface area contributed by atoms with Crippen LogP contribution in [0.4, 0.5) is 8.78 Å². The largest absolute Gasteiger partial charge is 0.204 e. The molecule has 0 radical (unpaired) electrons. The zero-order valence-corrected chi connectivity index (χ0v) is 10.2. The maximum absolute atomic E-state index is 13.6. The minimum atomic E-state index is -0.895. The van der Waals surface area contributed by atoms with Crippen LogP contribution in [-0.2, 0) is 5.88 Å². The van der Waals surface area contributed by atoms with Gasteiger partial charge in [0, 0.05) is 22.0 Å². The van der Waals surface area contributed by atoms with E-state index in [-0.39, 0.29) is 5.56 Å². The summed E-state index contributed by atoms with van der Waals surface area (Å²) in [6, 6.07) is 9.02. The summed E-state index contributed by atoms with van der Waals surface area (Å²) in [6.45, 7) is 0. The predicted octanol–water partition coefficient (Wildman–Crippen LogP) is 5.02. The van der Waals surface area contributed by atoms with Crippen LogP contribution in [0.5, 0.6) is 0 Å². The van der Waals surface area contributed by atoms with Crippen molar-refractivity contribution >= 4 is 23.2 Å². The summed E-state index contributed by atoms with van der Waals surface area (Å²) in [6.07, 6.45) is 0. The molecule has 0 aliphatic carbocycles. The molecule has 0 nitrogen and oxygen atoms in total. The Morgan fingerprint density at radius 2 is 1.76 bits per heavy atom. The molecule has 88 valence electrons. The first-order valence-corrected chi connectivity index (χ1v) is 5.83. The van der Waals surface area contributed by atoms with E-state index in [0.717, 1.165) is 11.6 Å². The molecule has 0 aliphatic rings. The Morgan fingerprint density at radius 1 is 1.00 bits per heavy atom. The van der Waals surface area contributed by atoms with E-state index in [1.54, 1.807) is 18.2 Å². The van der Waals surface area contributed by atoms with Crippen LogP contribution < -0.4 is 0 Å². The van der Waals surface area contributed by atoms with Crippen LogP contribution in [0.15, 0.2) is 36.4 Å². The molecule has 2 aromatic rings. The highest BCUT2D eigenvalue weighted by molar-refractivity contribution is 6.33. The molecule has 0 bridgehead atoms. The van der Waals surface area contributed by atoms with Crippen molar-refractivity contribution in [3.8, 4) is 11.1 Å². The molecular formula is C13H8Cl2F2. The van der Waals surface area contributed by atoms with Crippen molar-refractivity contribution in [2.24, 2.45) is 0 Å². The van der Waals surface area contributed by atoms with E-state index in [0.29, 0.717) is 16.5 Å². The van der Waals surface area contributed by atoms with Gasteiger partial charge < -0.3 is 0 Å². The molecule has 0 saturated carbocycles. The summed E-state index contributed by atoms with van der Waals surface area (Å²) in [7, 11) is 0. The van der Waals surface area contributed by atoms with Gasteiger partial charge in [0.15, 0.2) is 11.6 Å². The third-order valence-electron chi connectivity index (χ3n) is 2.43. The molecule has 0 spiro atoms. The van der Waals surface area contributed by atoms with Crippen LogP contribution in [0.1, 0.15) is 5.56 Å². The van der Waals surface area contributed by atoms with Crippen molar-refractivity contribution in [1.29, 1.82) is 0 Å². The quantitative estimate of drug-likeness (QED) is 0.673. The van der Waals surface area contributed by atoms with Gasteiger partial charge in [-0.1, -0.05) is 35.9 Å². The van der Waals surface area contributed by atoms with Crippen molar-refractivity contribution in [3.63, 3.8) is 0 Å². The van der Waals surface area contributed by atoms with Crippen molar-refractivity contribution in [1.82, 2.24) is 0 Å². The van der Waals surface area contributed by atoms with Gasteiger partial charge in [-0.25, -0.2) is 8.78 Å². The van der Waals surface area contributed by atoms with Gasteiger partial charge in [-0.2, -0.15) is 0 Å². The third kappa shape index (κ3) is 2.43. The molecule has 0 fully saturated rings. The van der Waals surface area contributed by atoms with Crippen molar-refractivity contribution < 1.29 is 8.78 Å². The lowest BCUT2D eigenvalue weighted by molar-refractivity contribution is 0.511. The summed E-state index contributed by atoms with van der Waals surface area (Å²) in [5.41, 5.74) is 1.44. The number of benzene rings is 2. The van der Waals surface area contributed by atoms with Crippen LogP contribution in [0.3, 0.4) is 0 Å². The first-order chi connectivity index (χ1) is 8.13. The van der Waals surface area contributed by atoms with E-state index in [4.69, 9.17) is 23.2 Å². The fourth-order valence-corrected chi connectivity index (χ4v) is 2.04. The lowest BCUT2D eigenvalue weighted by atomic mass is 10.0. The molecule has 2 aromatic carbocycles. The van der Waals surface area contributed by atoms with E-state index < -0.39 is 11.6 Å². The van der Waals surface area contributed by atoms with Crippen LogP contribution >= 0.6 is 23.2 Å². The summed E-state index contributed by atoms with van der Waals surface area (Å²) >= 11 is 11.7. The second-order valence-electron chi connectivity index (χ2n) is 3.55. The van der Waals surface area contributed by atoms with E-state index in [2.05, 4.69) is 0 Å². The molecule has 0 saturated heterocycles. The first-order valence-electron chi connectivity index (χ1n) is 4.92. The first kappa shape index (κ1) is 12.3. The molecule has 2 rings (SSSR count). The minimum absolute atomic E-state index is 0.149. The fourth-order valence-electron chi connectivity index (χ4n) is 1.57. The highest BCUT2D eigenvalue weighted by Crippen LogP contribution is 2.31. The van der Waals surface area contributed by atoms with Gasteiger partial charge in [0.2, 0.25) is 0 Å². The summed E-state index contributed by atoms with van der Waals surface area (Å²) in [5, 5.41) is 0.354. The van der Waals surface area contributed by atoms with E-state index in [1.807, 2.05) is 0 Å². The Morgan fingerprint density at radius 3 is 2.41 bits per heavy atom. The van der Waals surface area contributed by atoms with Gasteiger partial charge in [0.1, 0.15) is 0 Å². The maximum Gasteiger partial charge on any atom is 0.166 e. The smallest absolute Gasteiger partial charge is 0.166 e. The Bertz CT molecular complexity index is 553. The molecule has 0 aromatic heterocycles. The number of rotatable bonds is 2. The van der Waals surface area contributed by atoms with Crippen molar-refractivity contribution in [3.05, 3.63) is 58.6 Å². The maximum atomic E-state index is 13.6. The minimum Gasteiger partial charge on any atom is -0.204 e. The molecule has 0 amide bonds. The van der Waals surface area contributed by atoms with E-state index in [1.165, 1.54) is 12.1 Å². The second kappa shape index (κ2) is 5.03. The molecule has 0 aliphatic heterocycles. The molecule has 0 unspecified atom stereocenters. The number of hydrogen-bond acceptors (Lipinski definition) is 0. The van der Waals surface area contributed by atoms with Crippen LogP contribution in [0, 0.1) is 11.6 Å².